The fraction of sp³-hybridized carbons (Fsp3) is 0. The number of nitrogens with zero attached hydrogens (tertiary/aromatic N) is 11. The van der Waals surface area contributed by atoms with Gasteiger partial charge in [-0.1, -0.05) is 194 Å². The predicted octanol–water partition coefficient (Wildman–Crippen LogP) is 22.7. The van der Waals surface area contributed by atoms with Crippen molar-refractivity contribution in [1.29, 1.82) is 0 Å². The summed E-state index contributed by atoms with van der Waals surface area (Å²) in [7, 11) is 0. The van der Waals surface area contributed by atoms with Crippen LogP contribution in [0.3, 0.4) is 0 Å². The zero-order valence-corrected chi connectivity index (χ0v) is 56.0. The molecule has 0 aliphatic heterocycles. The largest absolute Gasteiger partial charge is 0.309 e. The van der Waals surface area contributed by atoms with Crippen molar-refractivity contribution in [2.45, 2.75) is 0 Å². The SMILES string of the molecule is c1ccc(-c2nc(-n3c4ccccc4c4cc(-c5ccc6c(c5)c5ccccc5n6-c5ccccc5)cnc43)nc3ccccc23)cc1.c1ccc(-n2c3ccccc3c3cc(-c4cnc5c(c4)c4ccccc4n5-c4ccc(-c5cc(-c6ccccn6)nc(-c6ccccn6)c5)cc4)ccc32)cc1. The maximum absolute atomic E-state index is 5.19. The zero-order chi connectivity index (χ0) is 68.6. The first-order valence-corrected chi connectivity index (χ1v) is 34.8. The summed E-state index contributed by atoms with van der Waals surface area (Å²) in [6.45, 7) is 0. The van der Waals surface area contributed by atoms with Crippen molar-refractivity contribution in [2.24, 2.45) is 0 Å². The number of benzene rings is 11. The van der Waals surface area contributed by atoms with E-state index in [0.29, 0.717) is 5.95 Å². The first kappa shape index (κ1) is 59.7. The van der Waals surface area contributed by atoms with Gasteiger partial charge in [-0.25, -0.2) is 24.9 Å². The second kappa shape index (κ2) is 24.9. The molecule has 0 amide bonds. The summed E-state index contributed by atoms with van der Waals surface area (Å²) in [6.07, 6.45) is 7.59. The van der Waals surface area contributed by atoms with E-state index in [4.69, 9.17) is 24.9 Å². The number of aromatic nitrogens is 11. The molecule has 0 saturated carbocycles. The van der Waals surface area contributed by atoms with E-state index in [9.17, 15) is 0 Å². The van der Waals surface area contributed by atoms with Gasteiger partial charge >= 0.3 is 0 Å². The number of pyridine rings is 5. The molecule has 0 aliphatic rings. The van der Waals surface area contributed by atoms with Crippen molar-refractivity contribution in [3.05, 3.63) is 358 Å². The van der Waals surface area contributed by atoms with Crippen LogP contribution in [0.5, 0.6) is 0 Å². The van der Waals surface area contributed by atoms with Gasteiger partial charge in [0.15, 0.2) is 0 Å². The molecular weight excluding hydrogens is 1270 g/mol. The summed E-state index contributed by atoms with van der Waals surface area (Å²) in [5.41, 5.74) is 24.6. The van der Waals surface area contributed by atoms with Gasteiger partial charge in [0, 0.05) is 107 Å². The van der Waals surface area contributed by atoms with Gasteiger partial charge in [0.05, 0.1) is 67.1 Å². The fourth-order valence-electron chi connectivity index (χ4n) is 15.3. The number of para-hydroxylation sites is 7. The van der Waals surface area contributed by atoms with Crippen LogP contribution < -0.4 is 0 Å². The van der Waals surface area contributed by atoms with Crippen LogP contribution in [0.15, 0.2) is 358 Å². The highest BCUT2D eigenvalue weighted by Gasteiger charge is 2.22. The normalized spacial score (nSPS) is 11.7. The molecule has 104 heavy (non-hydrogen) atoms. The third-order valence-corrected chi connectivity index (χ3v) is 20.0. The smallest absolute Gasteiger partial charge is 0.237 e. The van der Waals surface area contributed by atoms with E-state index in [-0.39, 0.29) is 0 Å². The minimum absolute atomic E-state index is 0.606. The maximum atomic E-state index is 5.19. The Hall–Kier alpha value is -14.3. The molecule has 10 aromatic heterocycles. The lowest BCUT2D eigenvalue weighted by atomic mass is 10.0. The van der Waals surface area contributed by atoms with Crippen LogP contribution in [-0.4, -0.2) is 53.2 Å². The van der Waals surface area contributed by atoms with Crippen LogP contribution >= 0.6 is 0 Å². The molecule has 0 aliphatic carbocycles. The van der Waals surface area contributed by atoms with Crippen molar-refractivity contribution in [3.8, 4) is 90.4 Å². The Kier molecular flexibility index (Phi) is 14.3. The van der Waals surface area contributed by atoms with E-state index in [2.05, 4.69) is 295 Å². The monoisotopic (exact) mass is 1330 g/mol. The molecule has 0 saturated heterocycles. The number of hydrogen-bond donors (Lipinski definition) is 0. The number of hydrogen-bond acceptors (Lipinski definition) is 7. The van der Waals surface area contributed by atoms with Gasteiger partial charge in [0.2, 0.25) is 5.95 Å². The molecule has 0 unspecified atom stereocenters. The molecular formula is C93H59N11. The molecule has 11 aromatic carbocycles. The Labute approximate surface area is 596 Å². The van der Waals surface area contributed by atoms with Gasteiger partial charge in [-0.15, -0.1) is 0 Å². The lowest BCUT2D eigenvalue weighted by molar-refractivity contribution is 0.998. The van der Waals surface area contributed by atoms with Crippen LogP contribution in [0.1, 0.15) is 0 Å². The third kappa shape index (κ3) is 10.2. The van der Waals surface area contributed by atoms with E-state index in [0.717, 1.165) is 139 Å². The summed E-state index contributed by atoms with van der Waals surface area (Å²) in [6, 6.07) is 117. The zero-order valence-electron chi connectivity index (χ0n) is 56.0. The van der Waals surface area contributed by atoms with E-state index in [1.165, 1.54) is 43.6 Å². The molecule has 0 spiro atoms. The van der Waals surface area contributed by atoms with E-state index in [1.807, 2.05) is 79.1 Å². The molecule has 0 fully saturated rings. The highest BCUT2D eigenvalue weighted by molar-refractivity contribution is 6.14. The predicted molar refractivity (Wildman–Crippen MR) is 425 cm³/mol. The fourth-order valence-corrected chi connectivity index (χ4v) is 15.3. The lowest BCUT2D eigenvalue weighted by Crippen LogP contribution is -2.04. The van der Waals surface area contributed by atoms with Crippen LogP contribution in [0.4, 0.5) is 0 Å². The minimum atomic E-state index is 0.606. The molecule has 486 valence electrons. The van der Waals surface area contributed by atoms with Crippen LogP contribution in [-0.2, 0) is 0 Å². The topological polar surface area (TPSA) is 110 Å². The van der Waals surface area contributed by atoms with Crippen LogP contribution in [0, 0.1) is 0 Å². The number of fused-ring (bicyclic) bond motifs is 13. The van der Waals surface area contributed by atoms with Crippen LogP contribution in [0.2, 0.25) is 0 Å². The summed E-state index contributed by atoms with van der Waals surface area (Å²) in [4.78, 5) is 34.7. The Bertz CT molecular complexity index is 6830. The first-order chi connectivity index (χ1) is 51.6. The Morgan fingerprint density at radius 2 is 0.596 bits per heavy atom. The third-order valence-electron chi connectivity index (χ3n) is 20.0. The molecule has 11 nitrogen and oxygen atoms in total. The highest BCUT2D eigenvalue weighted by atomic mass is 15.2. The Balaban J connectivity index is 0.000000140. The Morgan fingerprint density at radius 3 is 1.11 bits per heavy atom. The lowest BCUT2D eigenvalue weighted by Gasteiger charge is -2.11. The van der Waals surface area contributed by atoms with Crippen molar-refractivity contribution in [2.75, 3.05) is 0 Å². The first-order valence-electron chi connectivity index (χ1n) is 34.8. The summed E-state index contributed by atoms with van der Waals surface area (Å²) in [5.74, 6) is 0.606. The van der Waals surface area contributed by atoms with Crippen molar-refractivity contribution in [1.82, 2.24) is 53.2 Å². The van der Waals surface area contributed by atoms with Crippen molar-refractivity contribution < 1.29 is 0 Å². The van der Waals surface area contributed by atoms with E-state index < -0.39 is 0 Å². The van der Waals surface area contributed by atoms with E-state index >= 15 is 0 Å². The molecule has 0 bridgehead atoms. The summed E-state index contributed by atoms with van der Waals surface area (Å²) < 4.78 is 9.06. The second-order valence-electron chi connectivity index (χ2n) is 26.1. The van der Waals surface area contributed by atoms with Gasteiger partial charge in [0.25, 0.3) is 0 Å². The van der Waals surface area contributed by atoms with Gasteiger partial charge in [-0.05, 0) is 162 Å². The second-order valence-corrected chi connectivity index (χ2v) is 26.1. The molecule has 0 atom stereocenters. The van der Waals surface area contributed by atoms with Gasteiger partial charge in [-0.2, -0.15) is 0 Å². The van der Waals surface area contributed by atoms with Gasteiger partial charge in [-0.3, -0.25) is 19.1 Å². The average molecular weight is 1330 g/mol. The molecule has 0 radical (unpaired) electrons. The summed E-state index contributed by atoms with van der Waals surface area (Å²) in [5, 5.41) is 10.4. The number of rotatable bonds is 10. The van der Waals surface area contributed by atoms with Crippen molar-refractivity contribution >= 4 is 98.4 Å². The minimum Gasteiger partial charge on any atom is -0.309 e. The highest BCUT2D eigenvalue weighted by Crippen LogP contribution is 2.42. The van der Waals surface area contributed by atoms with Gasteiger partial charge < -0.3 is 9.13 Å². The Morgan fingerprint density at radius 1 is 0.202 bits per heavy atom. The molecule has 11 heteroatoms. The van der Waals surface area contributed by atoms with E-state index in [1.54, 1.807) is 12.4 Å². The van der Waals surface area contributed by atoms with Crippen LogP contribution in [0.25, 0.3) is 189 Å². The maximum Gasteiger partial charge on any atom is 0.237 e. The average Bonchev–Trinajstić information content (AvgIpc) is 1.27. The standard InChI is InChI=1S/C50H32N6.C43H27N5/c1-2-12-37(13-3-1)55-47-18-6-4-14-39(47)41-28-34(22-25-49(41)55)36-29-42-40-15-5-7-19-48(40)56(50(42)53-32-36)38-23-20-33(21-24-38)35-30-45(43-16-8-10-26-51-43)54-46(31-35)44-17-9-11-27-52-44;1-3-13-28(14-4-1)41-34-19-7-10-20-37(34)45-43(46-41)48-39-22-12-9-18-33(39)36-26-30(27-44-42(36)48)29-23-24-40-35(25-29)32-17-8-11-21-38(32)47(40)31-15-5-2-6-16-31/h1-32H;1-27H. The molecule has 10 heterocycles. The molecule has 21 rings (SSSR count). The molecule has 0 N–H and O–H groups in total. The van der Waals surface area contributed by atoms with Crippen molar-refractivity contribution in [3.63, 3.8) is 0 Å². The van der Waals surface area contributed by atoms with Gasteiger partial charge in [0.1, 0.15) is 11.3 Å². The quantitative estimate of drug-likeness (QED) is 0.134. The molecule has 21 aromatic rings. The summed E-state index contributed by atoms with van der Waals surface area (Å²) >= 11 is 0.